The fraction of sp³-hybridized carbons (Fsp3) is 0.195. The van der Waals surface area contributed by atoms with E-state index < -0.39 is 32.9 Å². The van der Waals surface area contributed by atoms with Gasteiger partial charge in [0.25, 0.3) is 0 Å². The molecule has 0 saturated carbocycles. The maximum atomic E-state index is 13.0. The molecule has 7 aromatic rings. The van der Waals surface area contributed by atoms with Gasteiger partial charge >= 0.3 is 125 Å². The molecular weight excluding hydrogens is 850 g/mol. The van der Waals surface area contributed by atoms with E-state index in [0.29, 0.717) is 21.7 Å². The van der Waals surface area contributed by atoms with Crippen LogP contribution in [-0.4, -0.2) is 28.2 Å². The molecule has 4 aromatic heterocycles. The summed E-state index contributed by atoms with van der Waals surface area (Å²) in [5.41, 5.74) is 5.30. The smallest absolute Gasteiger partial charge is 0.113 e. The average molecular weight is 896 g/mol. The van der Waals surface area contributed by atoms with Gasteiger partial charge in [-0.3, -0.25) is 0 Å². The Hall–Kier alpha value is -3.55. The van der Waals surface area contributed by atoms with Crippen LogP contribution in [-0.2, 0) is 20.1 Å². The molecule has 0 bridgehead atoms. The van der Waals surface area contributed by atoms with E-state index >= 15 is 0 Å². The topological polar surface area (TPSA) is 38.7 Å². The molecule has 0 atom stereocenters. The Morgan fingerprint density at radius 2 is 1.67 bits per heavy atom. The van der Waals surface area contributed by atoms with Crippen LogP contribution < -0.4 is 4.40 Å². The van der Waals surface area contributed by atoms with Gasteiger partial charge in [-0.15, -0.1) is 23.8 Å². The number of rotatable bonds is 5. The van der Waals surface area contributed by atoms with Crippen molar-refractivity contribution in [3.05, 3.63) is 132 Å². The molecular formula is C41H38FGeIrN3S-2. The van der Waals surface area contributed by atoms with Gasteiger partial charge in [0.05, 0.1) is 0 Å². The minimum Gasteiger partial charge on any atom is -0.304 e. The van der Waals surface area contributed by atoms with E-state index in [1.165, 1.54) is 33.9 Å². The average Bonchev–Trinajstić information content (AvgIpc) is 3.49. The quantitative estimate of drug-likeness (QED) is 0.128. The van der Waals surface area contributed by atoms with Crippen LogP contribution in [0.5, 0.6) is 0 Å². The third kappa shape index (κ3) is 7.68. The van der Waals surface area contributed by atoms with E-state index in [9.17, 15) is 4.39 Å². The Kier molecular flexibility index (Phi) is 8.48. The van der Waals surface area contributed by atoms with Gasteiger partial charge in [-0.05, 0) is 46.7 Å². The maximum Gasteiger partial charge on any atom is 0.113 e. The zero-order valence-corrected chi connectivity index (χ0v) is 32.5. The van der Waals surface area contributed by atoms with Crippen LogP contribution in [0.15, 0.2) is 97.3 Å². The number of nitrogens with zero attached hydrogens (tertiary/aromatic N) is 3. The molecule has 3 aromatic carbocycles. The molecule has 245 valence electrons. The van der Waals surface area contributed by atoms with Crippen molar-refractivity contribution in [3.63, 3.8) is 0 Å². The van der Waals surface area contributed by atoms with Crippen molar-refractivity contribution in [2.45, 2.75) is 50.7 Å². The van der Waals surface area contributed by atoms with Crippen LogP contribution in [0.1, 0.15) is 46.2 Å². The van der Waals surface area contributed by atoms with E-state index in [-0.39, 0.29) is 37.2 Å². The Balaban J connectivity index is 0.000000229. The number of hydrogen-bond donors (Lipinski definition) is 0. The summed E-state index contributed by atoms with van der Waals surface area (Å²) in [4.78, 5) is 14.1. The van der Waals surface area contributed by atoms with Gasteiger partial charge in [-0.2, -0.15) is 11.3 Å². The molecule has 48 heavy (non-hydrogen) atoms. The fourth-order valence-electron chi connectivity index (χ4n) is 5.43. The number of hydrogen-bond acceptors (Lipinski definition) is 4. The van der Waals surface area contributed by atoms with Crippen molar-refractivity contribution in [2.24, 2.45) is 0 Å². The van der Waals surface area contributed by atoms with Crippen LogP contribution in [0.25, 0.3) is 53.9 Å². The molecule has 3 nitrogen and oxygen atoms in total. The third-order valence-corrected chi connectivity index (χ3v) is 13.2. The number of aromatic nitrogens is 3. The van der Waals surface area contributed by atoms with Gasteiger partial charge in [-0.1, -0.05) is 47.9 Å². The minimum absolute atomic E-state index is 0. The number of pyridine rings is 3. The summed E-state index contributed by atoms with van der Waals surface area (Å²) in [5.74, 6) is 5.93. The maximum absolute atomic E-state index is 13.0. The van der Waals surface area contributed by atoms with E-state index in [1.54, 1.807) is 30.5 Å². The van der Waals surface area contributed by atoms with Crippen LogP contribution >= 0.6 is 11.3 Å². The summed E-state index contributed by atoms with van der Waals surface area (Å²) < 4.78 is 70.7. The summed E-state index contributed by atoms with van der Waals surface area (Å²) in [6.07, 6.45) is 3.51. The molecule has 0 saturated heterocycles. The second kappa shape index (κ2) is 14.9. The first-order valence-electron chi connectivity index (χ1n) is 18.7. The summed E-state index contributed by atoms with van der Waals surface area (Å²) in [6.45, 7) is -0.814. The van der Waals surface area contributed by atoms with Crippen LogP contribution in [0.4, 0.5) is 4.39 Å². The predicted octanol–water partition coefficient (Wildman–Crippen LogP) is 10.9. The minimum atomic E-state index is -2.33. The van der Waals surface area contributed by atoms with E-state index in [2.05, 4.69) is 44.4 Å². The Bertz CT molecular complexity index is 2460. The molecule has 1 radical (unpaired) electrons. The van der Waals surface area contributed by atoms with Gasteiger partial charge in [0, 0.05) is 45.8 Å². The largest absolute Gasteiger partial charge is 0.304 e. The summed E-state index contributed by atoms with van der Waals surface area (Å²) in [7, 11) is 0. The van der Waals surface area contributed by atoms with E-state index in [1.807, 2.05) is 62.5 Å². The Morgan fingerprint density at radius 3 is 2.35 bits per heavy atom. The third-order valence-electron chi connectivity index (χ3n) is 7.84. The van der Waals surface area contributed by atoms with Gasteiger partial charge in [0.2, 0.25) is 0 Å². The molecule has 0 aliphatic carbocycles. The molecule has 0 unspecified atom stereocenters. The first-order chi connectivity index (χ1) is 25.2. The van der Waals surface area contributed by atoms with Gasteiger partial charge in [0.15, 0.2) is 0 Å². The first-order valence-corrected chi connectivity index (χ1v) is 23.4. The van der Waals surface area contributed by atoms with Gasteiger partial charge < -0.3 is 4.98 Å². The summed E-state index contributed by atoms with van der Waals surface area (Å²) >= 11 is -0.742. The molecule has 7 rings (SSSR count). The molecule has 0 amide bonds. The van der Waals surface area contributed by atoms with Crippen molar-refractivity contribution in [3.8, 4) is 33.6 Å². The van der Waals surface area contributed by atoms with Crippen LogP contribution in [0.2, 0.25) is 17.3 Å². The van der Waals surface area contributed by atoms with Crippen molar-refractivity contribution in [1.82, 2.24) is 15.0 Å². The van der Waals surface area contributed by atoms with Crippen molar-refractivity contribution in [1.29, 1.82) is 0 Å². The number of fused-ring (bicyclic) bond motifs is 3. The first kappa shape index (κ1) is 27.3. The van der Waals surface area contributed by atoms with E-state index in [4.69, 9.17) is 9.60 Å². The van der Waals surface area contributed by atoms with E-state index in [0.717, 1.165) is 37.9 Å². The molecule has 0 aliphatic heterocycles. The molecule has 7 heteroatoms. The van der Waals surface area contributed by atoms with Crippen molar-refractivity contribution in [2.75, 3.05) is 0 Å². The number of halogens is 1. The Morgan fingerprint density at radius 1 is 0.875 bits per heavy atom. The molecule has 0 N–H and O–H groups in total. The van der Waals surface area contributed by atoms with Crippen molar-refractivity contribution < 1.29 is 34.1 Å². The number of aryl methyl sites for hydroxylation is 2. The second-order valence-electron chi connectivity index (χ2n) is 12.5. The standard InChI is InChI=1S/C24H17N2S.C17H21FGeN.Ir/c1-15-13-22(25-14-21(15)17-7-4-3-5-8-17)20-10-6-9-18-19-12-11-16(2)26-24(19)27-23(18)20;1-12(2)15-10-17(13-6-8-14(18)9-7-13)20-11-16(15)19(3,4)5;/h3-9,11-14H,1-2H3;6,8-12H,1-5H3;/q2*-1;/i1D3,2D3;12D;. The normalized spacial score (nSPS) is 14.2. The number of thiophene rings is 1. The molecule has 0 aliphatic rings. The summed E-state index contributed by atoms with van der Waals surface area (Å²) in [5, 5.41) is 1.74. The van der Waals surface area contributed by atoms with Crippen molar-refractivity contribution >= 4 is 49.3 Å². The molecule has 4 heterocycles. The fourth-order valence-corrected chi connectivity index (χ4v) is 9.93. The van der Waals surface area contributed by atoms with Gasteiger partial charge in [0.1, 0.15) is 4.83 Å². The molecule has 0 spiro atoms. The zero-order chi connectivity index (χ0) is 39.2. The monoisotopic (exact) mass is 897 g/mol. The second-order valence-corrected chi connectivity index (χ2v) is 24.1. The molecule has 0 fully saturated rings. The van der Waals surface area contributed by atoms with Crippen LogP contribution in [0, 0.1) is 31.7 Å². The zero-order valence-electron chi connectivity index (χ0n) is 34.2. The SMILES string of the molecule is [2H]C(C)(C)c1cc(-c2[c-]cc(F)cc2)nc[c]1[Ge]([CH3])([CH3])[CH3].[2H]C([2H])([2H])c1ccc2c(n1)sc1c(-c3cc(C([2H])([2H])[2H])c(-c4ccccc4)cn3)[c-]ccc12.[Ir]. The predicted molar refractivity (Wildman–Crippen MR) is 200 cm³/mol. The number of benzene rings is 3. The summed E-state index contributed by atoms with van der Waals surface area (Å²) in [6, 6.07) is 30.4. The Labute approximate surface area is 313 Å². The van der Waals surface area contributed by atoms with Crippen LogP contribution in [0.3, 0.4) is 0 Å². The van der Waals surface area contributed by atoms with Gasteiger partial charge in [-0.25, -0.2) is 4.98 Å².